The lowest BCUT2D eigenvalue weighted by molar-refractivity contribution is -0.0530. The monoisotopic (exact) mass is 292 g/mol. The molecule has 114 valence electrons. The standard InChI is InChI=1S/C15H20N2O4/c1-10-8-17(9-11(2)21-10)15(18)16-12-3-4-13-14(7-12)20-6-5-19-13/h3-4,7,10-11H,5-6,8-9H2,1-2H3,(H,16,18)/t10-,11-/m1/s1. The Morgan fingerprint density at radius 3 is 2.52 bits per heavy atom. The second-order valence-corrected chi connectivity index (χ2v) is 5.45. The zero-order valence-corrected chi connectivity index (χ0v) is 12.3. The minimum atomic E-state index is -0.117. The highest BCUT2D eigenvalue weighted by Crippen LogP contribution is 2.32. The molecule has 0 aliphatic carbocycles. The van der Waals surface area contributed by atoms with Crippen LogP contribution in [0, 0.1) is 0 Å². The van der Waals surface area contributed by atoms with Gasteiger partial charge in [0.25, 0.3) is 0 Å². The molecule has 0 radical (unpaired) electrons. The van der Waals surface area contributed by atoms with Crippen molar-refractivity contribution in [1.29, 1.82) is 0 Å². The molecule has 0 spiro atoms. The Hall–Kier alpha value is -1.95. The molecule has 1 aromatic carbocycles. The van der Waals surface area contributed by atoms with E-state index in [1.165, 1.54) is 0 Å². The van der Waals surface area contributed by atoms with Crippen LogP contribution in [0.4, 0.5) is 10.5 Å². The van der Waals surface area contributed by atoms with Gasteiger partial charge in [-0.1, -0.05) is 0 Å². The number of carbonyl (C=O) groups is 1. The fraction of sp³-hybridized carbons (Fsp3) is 0.533. The number of ether oxygens (including phenoxy) is 3. The summed E-state index contributed by atoms with van der Waals surface area (Å²) in [6.45, 7) is 6.23. The van der Waals surface area contributed by atoms with Crippen LogP contribution in [0.1, 0.15) is 13.8 Å². The normalized spacial score (nSPS) is 24.6. The van der Waals surface area contributed by atoms with E-state index in [1.54, 1.807) is 11.0 Å². The number of anilines is 1. The molecular weight excluding hydrogens is 272 g/mol. The smallest absolute Gasteiger partial charge is 0.322 e. The minimum absolute atomic E-state index is 0.0553. The Kier molecular flexibility index (Phi) is 3.88. The SMILES string of the molecule is C[C@@H]1CN(C(=O)Nc2ccc3c(c2)OCCO3)C[C@@H](C)O1. The summed E-state index contributed by atoms with van der Waals surface area (Å²) in [6, 6.07) is 5.31. The third-order valence-corrected chi connectivity index (χ3v) is 3.50. The lowest BCUT2D eigenvalue weighted by Crippen LogP contribution is -2.49. The van der Waals surface area contributed by atoms with Crippen LogP contribution in [-0.4, -0.2) is 49.4 Å². The average molecular weight is 292 g/mol. The largest absolute Gasteiger partial charge is 0.486 e. The van der Waals surface area contributed by atoms with Crippen LogP contribution in [-0.2, 0) is 4.74 Å². The first-order valence-electron chi connectivity index (χ1n) is 7.23. The second kappa shape index (κ2) is 5.81. The molecule has 0 aromatic heterocycles. The zero-order chi connectivity index (χ0) is 14.8. The Bertz CT molecular complexity index is 524. The quantitative estimate of drug-likeness (QED) is 0.861. The van der Waals surface area contributed by atoms with E-state index in [9.17, 15) is 4.79 Å². The van der Waals surface area contributed by atoms with E-state index in [4.69, 9.17) is 14.2 Å². The Balaban J connectivity index is 1.67. The van der Waals surface area contributed by atoms with Crippen molar-refractivity contribution in [2.24, 2.45) is 0 Å². The molecule has 3 rings (SSSR count). The molecule has 1 fully saturated rings. The lowest BCUT2D eigenvalue weighted by atomic mass is 10.2. The van der Waals surface area contributed by atoms with E-state index in [0.29, 0.717) is 43.5 Å². The number of morpholine rings is 1. The summed E-state index contributed by atoms with van der Waals surface area (Å²) >= 11 is 0. The molecule has 0 unspecified atom stereocenters. The van der Waals surface area contributed by atoms with Crippen molar-refractivity contribution in [3.63, 3.8) is 0 Å². The highest BCUT2D eigenvalue weighted by molar-refractivity contribution is 5.89. The van der Waals surface area contributed by atoms with Gasteiger partial charge in [-0.3, -0.25) is 0 Å². The summed E-state index contributed by atoms with van der Waals surface area (Å²) in [7, 11) is 0. The summed E-state index contributed by atoms with van der Waals surface area (Å²) in [5.41, 5.74) is 0.705. The zero-order valence-electron chi connectivity index (χ0n) is 12.3. The Morgan fingerprint density at radius 1 is 1.14 bits per heavy atom. The Labute approximate surface area is 124 Å². The maximum Gasteiger partial charge on any atom is 0.322 e. The number of urea groups is 1. The molecule has 1 aromatic rings. The van der Waals surface area contributed by atoms with Gasteiger partial charge in [0.15, 0.2) is 11.5 Å². The van der Waals surface area contributed by atoms with Crippen LogP contribution in [0.3, 0.4) is 0 Å². The van der Waals surface area contributed by atoms with E-state index in [1.807, 2.05) is 26.0 Å². The van der Waals surface area contributed by atoms with Gasteiger partial charge in [-0.25, -0.2) is 4.79 Å². The minimum Gasteiger partial charge on any atom is -0.486 e. The summed E-state index contributed by atoms with van der Waals surface area (Å²) in [5, 5.41) is 2.90. The molecule has 2 aliphatic rings. The molecule has 2 heterocycles. The van der Waals surface area contributed by atoms with Gasteiger partial charge in [0.2, 0.25) is 0 Å². The molecule has 1 N–H and O–H groups in total. The van der Waals surface area contributed by atoms with Crippen molar-refractivity contribution in [2.45, 2.75) is 26.1 Å². The molecule has 6 nitrogen and oxygen atoms in total. The van der Waals surface area contributed by atoms with Crippen molar-refractivity contribution >= 4 is 11.7 Å². The molecule has 2 aliphatic heterocycles. The van der Waals surface area contributed by atoms with Crippen molar-refractivity contribution in [3.8, 4) is 11.5 Å². The number of carbonyl (C=O) groups excluding carboxylic acids is 1. The molecule has 1 saturated heterocycles. The number of hydrogen-bond acceptors (Lipinski definition) is 4. The van der Waals surface area contributed by atoms with Crippen LogP contribution >= 0.6 is 0 Å². The van der Waals surface area contributed by atoms with Gasteiger partial charge >= 0.3 is 6.03 Å². The van der Waals surface area contributed by atoms with Gasteiger partial charge in [0, 0.05) is 24.8 Å². The molecule has 0 saturated carbocycles. The van der Waals surface area contributed by atoms with Crippen molar-refractivity contribution < 1.29 is 19.0 Å². The van der Waals surface area contributed by atoms with Crippen LogP contribution in [0.25, 0.3) is 0 Å². The second-order valence-electron chi connectivity index (χ2n) is 5.45. The first kappa shape index (κ1) is 14.0. The van der Waals surface area contributed by atoms with Gasteiger partial charge in [-0.05, 0) is 26.0 Å². The molecule has 2 amide bonds. The summed E-state index contributed by atoms with van der Waals surface area (Å²) in [4.78, 5) is 14.1. The number of rotatable bonds is 1. The number of fused-ring (bicyclic) bond motifs is 1. The molecule has 6 heteroatoms. The van der Waals surface area contributed by atoms with E-state index in [0.717, 1.165) is 0 Å². The van der Waals surface area contributed by atoms with Gasteiger partial charge in [-0.2, -0.15) is 0 Å². The molecular formula is C15H20N2O4. The van der Waals surface area contributed by atoms with Crippen molar-refractivity contribution in [3.05, 3.63) is 18.2 Å². The summed E-state index contributed by atoms with van der Waals surface area (Å²) in [5.74, 6) is 1.38. The lowest BCUT2D eigenvalue weighted by Gasteiger charge is -2.35. The maximum atomic E-state index is 12.3. The summed E-state index contributed by atoms with van der Waals surface area (Å²) < 4.78 is 16.6. The highest BCUT2D eigenvalue weighted by atomic mass is 16.6. The number of amides is 2. The van der Waals surface area contributed by atoms with E-state index >= 15 is 0 Å². The van der Waals surface area contributed by atoms with Crippen molar-refractivity contribution in [2.75, 3.05) is 31.6 Å². The van der Waals surface area contributed by atoms with Crippen LogP contribution in [0.15, 0.2) is 18.2 Å². The van der Waals surface area contributed by atoms with Gasteiger partial charge < -0.3 is 24.4 Å². The maximum absolute atomic E-state index is 12.3. The molecule has 0 bridgehead atoms. The third-order valence-electron chi connectivity index (χ3n) is 3.50. The van der Waals surface area contributed by atoms with Gasteiger partial charge in [-0.15, -0.1) is 0 Å². The van der Waals surface area contributed by atoms with E-state index < -0.39 is 0 Å². The van der Waals surface area contributed by atoms with E-state index in [2.05, 4.69) is 5.32 Å². The average Bonchev–Trinajstić information content (AvgIpc) is 2.46. The predicted molar refractivity (Wildman–Crippen MR) is 78.0 cm³/mol. The van der Waals surface area contributed by atoms with Gasteiger partial charge in [0.1, 0.15) is 13.2 Å². The number of benzene rings is 1. The third kappa shape index (κ3) is 3.21. The van der Waals surface area contributed by atoms with Crippen molar-refractivity contribution in [1.82, 2.24) is 4.90 Å². The molecule has 21 heavy (non-hydrogen) atoms. The fourth-order valence-corrected chi connectivity index (χ4v) is 2.67. The van der Waals surface area contributed by atoms with Crippen LogP contribution in [0.5, 0.6) is 11.5 Å². The fourth-order valence-electron chi connectivity index (χ4n) is 2.67. The van der Waals surface area contributed by atoms with Crippen LogP contribution in [0.2, 0.25) is 0 Å². The first-order valence-corrected chi connectivity index (χ1v) is 7.23. The van der Waals surface area contributed by atoms with E-state index in [-0.39, 0.29) is 18.2 Å². The summed E-state index contributed by atoms with van der Waals surface area (Å²) in [6.07, 6.45) is 0.111. The number of hydrogen-bond donors (Lipinski definition) is 1. The topological polar surface area (TPSA) is 60.0 Å². The predicted octanol–water partition coefficient (Wildman–Crippen LogP) is 2.10. The van der Waals surface area contributed by atoms with Crippen LogP contribution < -0.4 is 14.8 Å². The molecule has 2 atom stereocenters. The first-order chi connectivity index (χ1) is 10.1. The number of nitrogens with one attached hydrogen (secondary N) is 1. The highest BCUT2D eigenvalue weighted by Gasteiger charge is 2.26. The Morgan fingerprint density at radius 2 is 1.81 bits per heavy atom. The number of nitrogens with zero attached hydrogens (tertiary/aromatic N) is 1. The van der Waals surface area contributed by atoms with Gasteiger partial charge in [0.05, 0.1) is 12.2 Å².